The highest BCUT2D eigenvalue weighted by Gasteiger charge is 2.22. The third kappa shape index (κ3) is 1.72. The van der Waals surface area contributed by atoms with Gasteiger partial charge in [0.1, 0.15) is 10.1 Å². The summed E-state index contributed by atoms with van der Waals surface area (Å²) in [5.74, 6) is -0.442. The van der Waals surface area contributed by atoms with E-state index in [4.69, 9.17) is 5.73 Å². The van der Waals surface area contributed by atoms with Crippen LogP contribution in [0.1, 0.15) is 22.8 Å². The Hall–Kier alpha value is -1.40. The molecule has 0 radical (unpaired) electrons. The molecule has 1 aromatic carbocycles. The minimum atomic E-state index is -0.442. The summed E-state index contributed by atoms with van der Waals surface area (Å²) >= 11 is 3.57. The van der Waals surface area contributed by atoms with Gasteiger partial charge in [0.2, 0.25) is 0 Å². The number of carbonyl (C=O) groups is 1. The number of carbonyl (C=O) groups excluding carboxylic acids is 1. The largest absolute Gasteiger partial charge is 0.366 e. The smallest absolute Gasteiger partial charge is 0.250 e. The summed E-state index contributed by atoms with van der Waals surface area (Å²) in [5.41, 5.74) is 6.52. The van der Waals surface area contributed by atoms with Crippen molar-refractivity contribution in [1.29, 1.82) is 0 Å². The van der Waals surface area contributed by atoms with Crippen LogP contribution in [0.15, 0.2) is 22.8 Å². The fourth-order valence-corrected chi connectivity index (χ4v) is 3.07. The van der Waals surface area contributed by atoms with Gasteiger partial charge in [-0.1, -0.05) is 6.07 Å². The van der Waals surface area contributed by atoms with Gasteiger partial charge < -0.3 is 11.1 Å². The van der Waals surface area contributed by atoms with Gasteiger partial charge in [0.15, 0.2) is 0 Å². The van der Waals surface area contributed by atoms with Crippen LogP contribution < -0.4 is 11.1 Å². The van der Waals surface area contributed by atoms with E-state index in [0.29, 0.717) is 17.1 Å². The van der Waals surface area contributed by atoms with Crippen LogP contribution in [0.5, 0.6) is 0 Å². The fourth-order valence-electron chi connectivity index (χ4n) is 2.38. The van der Waals surface area contributed by atoms with Crippen LogP contribution in [0.3, 0.4) is 0 Å². The highest BCUT2D eigenvalue weighted by atomic mass is 79.9. The van der Waals surface area contributed by atoms with Gasteiger partial charge in [-0.2, -0.15) is 5.10 Å². The third-order valence-electron chi connectivity index (χ3n) is 3.31. The first kappa shape index (κ1) is 11.7. The monoisotopic (exact) mass is 308 g/mol. The minimum Gasteiger partial charge on any atom is -0.366 e. The molecule has 1 fully saturated rings. The molecular formula is C12H13BrN4O. The lowest BCUT2D eigenvalue weighted by atomic mass is 10.1. The number of amides is 1. The molecule has 0 aliphatic carbocycles. The molecule has 1 amide bonds. The maximum atomic E-state index is 11.4. The van der Waals surface area contributed by atoms with Crippen molar-refractivity contribution in [2.24, 2.45) is 5.73 Å². The number of fused-ring (bicyclic) bond motifs is 1. The van der Waals surface area contributed by atoms with Crippen molar-refractivity contribution in [1.82, 2.24) is 15.1 Å². The average molecular weight is 309 g/mol. The van der Waals surface area contributed by atoms with Gasteiger partial charge in [-0.25, -0.2) is 0 Å². The third-order valence-corrected chi connectivity index (χ3v) is 4.10. The number of aromatic nitrogens is 2. The van der Waals surface area contributed by atoms with E-state index >= 15 is 0 Å². The Morgan fingerprint density at radius 1 is 1.56 bits per heavy atom. The van der Waals surface area contributed by atoms with Gasteiger partial charge in [0.05, 0.1) is 11.6 Å². The molecule has 1 aliphatic rings. The van der Waals surface area contributed by atoms with Crippen molar-refractivity contribution in [2.45, 2.75) is 12.5 Å². The van der Waals surface area contributed by atoms with Crippen molar-refractivity contribution in [3.8, 4) is 0 Å². The Morgan fingerprint density at radius 2 is 2.39 bits per heavy atom. The fraction of sp³-hybridized carbons (Fsp3) is 0.333. The molecule has 3 rings (SSSR count). The number of benzene rings is 1. The highest BCUT2D eigenvalue weighted by Crippen LogP contribution is 2.30. The van der Waals surface area contributed by atoms with Crippen LogP contribution in [-0.2, 0) is 0 Å². The minimum absolute atomic E-state index is 0.326. The van der Waals surface area contributed by atoms with Crippen LogP contribution >= 0.6 is 15.9 Å². The van der Waals surface area contributed by atoms with E-state index in [1.807, 2.05) is 16.8 Å². The summed E-state index contributed by atoms with van der Waals surface area (Å²) < 4.78 is 2.85. The number of hydrogen-bond acceptors (Lipinski definition) is 3. The van der Waals surface area contributed by atoms with Crippen LogP contribution in [0, 0.1) is 0 Å². The molecule has 2 aromatic rings. The molecule has 1 saturated heterocycles. The number of nitrogens with zero attached hydrogens (tertiary/aromatic N) is 2. The first-order valence-electron chi connectivity index (χ1n) is 5.85. The van der Waals surface area contributed by atoms with Gasteiger partial charge >= 0.3 is 0 Å². The van der Waals surface area contributed by atoms with Crippen LogP contribution in [-0.4, -0.2) is 28.8 Å². The van der Waals surface area contributed by atoms with E-state index in [1.165, 1.54) is 0 Å². The molecule has 1 aliphatic heterocycles. The quantitative estimate of drug-likeness (QED) is 0.881. The Kier molecular flexibility index (Phi) is 2.83. The number of halogens is 1. The molecule has 0 bridgehead atoms. The van der Waals surface area contributed by atoms with Gasteiger partial charge in [0, 0.05) is 11.9 Å². The predicted molar refractivity (Wildman–Crippen MR) is 72.5 cm³/mol. The summed E-state index contributed by atoms with van der Waals surface area (Å²) in [6, 6.07) is 5.80. The van der Waals surface area contributed by atoms with Crippen molar-refractivity contribution in [3.63, 3.8) is 0 Å². The lowest BCUT2D eigenvalue weighted by molar-refractivity contribution is 0.100. The van der Waals surface area contributed by atoms with E-state index in [1.54, 1.807) is 6.07 Å². The molecular weight excluding hydrogens is 296 g/mol. The van der Waals surface area contributed by atoms with E-state index in [0.717, 1.165) is 29.5 Å². The number of nitrogens with one attached hydrogen (secondary N) is 1. The molecule has 1 aromatic heterocycles. The summed E-state index contributed by atoms with van der Waals surface area (Å²) in [7, 11) is 0. The lowest BCUT2D eigenvalue weighted by Crippen LogP contribution is -2.15. The SMILES string of the molecule is NC(=O)c1cccc2c(Br)n(C3CCNC3)nc12. The molecule has 1 unspecified atom stereocenters. The normalized spacial score (nSPS) is 19.5. The van der Waals surface area contributed by atoms with Gasteiger partial charge in [-0.15, -0.1) is 0 Å². The second kappa shape index (κ2) is 4.37. The van der Waals surface area contributed by atoms with Gasteiger partial charge in [-0.05, 0) is 41.0 Å². The number of primary amides is 1. The lowest BCUT2D eigenvalue weighted by Gasteiger charge is -2.09. The Bertz CT molecular complexity index is 616. The van der Waals surface area contributed by atoms with E-state index in [-0.39, 0.29) is 0 Å². The first-order chi connectivity index (χ1) is 8.68. The first-order valence-corrected chi connectivity index (χ1v) is 6.65. The molecule has 94 valence electrons. The standard InChI is InChI=1S/C12H13BrN4O/c13-11-8-2-1-3-9(12(14)18)10(8)16-17(11)7-4-5-15-6-7/h1-3,7,15H,4-6H2,(H2,14,18). The zero-order chi connectivity index (χ0) is 12.7. The Balaban J connectivity index is 2.20. The maximum absolute atomic E-state index is 11.4. The molecule has 6 heteroatoms. The number of rotatable bonds is 2. The molecule has 18 heavy (non-hydrogen) atoms. The molecule has 0 spiro atoms. The van der Waals surface area contributed by atoms with E-state index in [9.17, 15) is 4.79 Å². The van der Waals surface area contributed by atoms with Gasteiger partial charge in [0.25, 0.3) is 5.91 Å². The van der Waals surface area contributed by atoms with Crippen molar-refractivity contribution >= 4 is 32.7 Å². The van der Waals surface area contributed by atoms with Crippen molar-refractivity contribution < 1.29 is 4.79 Å². The number of nitrogens with two attached hydrogens (primary N) is 1. The van der Waals surface area contributed by atoms with Crippen molar-refractivity contribution in [2.75, 3.05) is 13.1 Å². The average Bonchev–Trinajstić information content (AvgIpc) is 2.97. The van der Waals surface area contributed by atoms with Crippen LogP contribution in [0.2, 0.25) is 0 Å². The molecule has 1 atom stereocenters. The number of hydrogen-bond donors (Lipinski definition) is 2. The van der Waals surface area contributed by atoms with Crippen molar-refractivity contribution in [3.05, 3.63) is 28.4 Å². The predicted octanol–water partition coefficient (Wildman–Crippen LogP) is 1.43. The summed E-state index contributed by atoms with van der Waals surface area (Å²) in [6.07, 6.45) is 1.04. The maximum Gasteiger partial charge on any atom is 0.250 e. The van der Waals surface area contributed by atoms with Gasteiger partial charge in [-0.3, -0.25) is 9.48 Å². The molecule has 0 saturated carbocycles. The molecule has 5 nitrogen and oxygen atoms in total. The van der Waals surface area contributed by atoms with Crippen LogP contribution in [0.4, 0.5) is 0 Å². The summed E-state index contributed by atoms with van der Waals surface area (Å²) in [6.45, 7) is 1.90. The topological polar surface area (TPSA) is 72.9 Å². The van der Waals surface area contributed by atoms with E-state index in [2.05, 4.69) is 26.3 Å². The summed E-state index contributed by atoms with van der Waals surface area (Å²) in [5, 5.41) is 8.78. The Labute approximate surface area is 112 Å². The zero-order valence-electron chi connectivity index (χ0n) is 9.69. The summed E-state index contributed by atoms with van der Waals surface area (Å²) in [4.78, 5) is 11.4. The Morgan fingerprint density at radius 3 is 3.06 bits per heavy atom. The molecule has 3 N–H and O–H groups in total. The second-order valence-corrected chi connectivity index (χ2v) is 5.20. The zero-order valence-corrected chi connectivity index (χ0v) is 11.3. The van der Waals surface area contributed by atoms with E-state index < -0.39 is 5.91 Å². The van der Waals surface area contributed by atoms with Crippen LogP contribution in [0.25, 0.3) is 10.9 Å². The molecule has 2 heterocycles. The second-order valence-electron chi connectivity index (χ2n) is 4.45. The highest BCUT2D eigenvalue weighted by molar-refractivity contribution is 9.10.